The van der Waals surface area contributed by atoms with Crippen LogP contribution in [0.2, 0.25) is 0 Å². The van der Waals surface area contributed by atoms with Crippen molar-refractivity contribution in [2.75, 3.05) is 5.32 Å². The highest BCUT2D eigenvalue weighted by Gasteiger charge is 2.27. The zero-order valence-electron chi connectivity index (χ0n) is 12.4. The van der Waals surface area contributed by atoms with Gasteiger partial charge >= 0.3 is 6.09 Å². The molecular weight excluding hydrogens is 286 g/mol. The van der Waals surface area contributed by atoms with Crippen LogP contribution in [-0.4, -0.2) is 6.09 Å². The van der Waals surface area contributed by atoms with Crippen LogP contribution in [0.15, 0.2) is 78.9 Å². The van der Waals surface area contributed by atoms with Gasteiger partial charge in [0.2, 0.25) is 0 Å². The molecule has 1 atom stereocenters. The second-order valence-electron chi connectivity index (χ2n) is 5.49. The van der Waals surface area contributed by atoms with Crippen LogP contribution in [0.4, 0.5) is 10.5 Å². The SMILES string of the molecule is O=C1Nc2ccccc2C(c2ccc(-c3ccccc3)cc2)O1. The van der Waals surface area contributed by atoms with E-state index in [4.69, 9.17) is 4.74 Å². The third-order valence-corrected chi connectivity index (χ3v) is 4.03. The van der Waals surface area contributed by atoms with Crippen LogP contribution in [-0.2, 0) is 4.74 Å². The molecule has 1 amide bonds. The van der Waals surface area contributed by atoms with E-state index in [0.717, 1.165) is 22.4 Å². The lowest BCUT2D eigenvalue weighted by molar-refractivity contribution is 0.126. The molecule has 1 aliphatic rings. The summed E-state index contributed by atoms with van der Waals surface area (Å²) in [6.45, 7) is 0. The molecule has 0 aromatic heterocycles. The molecule has 0 radical (unpaired) electrons. The first-order valence-electron chi connectivity index (χ1n) is 7.53. The summed E-state index contributed by atoms with van der Waals surface area (Å²) in [6.07, 6.45) is -0.786. The topological polar surface area (TPSA) is 38.3 Å². The zero-order valence-corrected chi connectivity index (χ0v) is 12.4. The number of carbonyl (C=O) groups excluding carboxylic acids is 1. The van der Waals surface area contributed by atoms with Crippen molar-refractivity contribution in [3.63, 3.8) is 0 Å². The van der Waals surface area contributed by atoms with Gasteiger partial charge < -0.3 is 4.74 Å². The Morgan fingerprint density at radius 1 is 0.739 bits per heavy atom. The molecular formula is C20H15NO2. The van der Waals surface area contributed by atoms with E-state index in [9.17, 15) is 4.79 Å². The molecule has 1 N–H and O–H groups in total. The minimum Gasteiger partial charge on any atom is -0.436 e. The molecule has 0 spiro atoms. The van der Waals surface area contributed by atoms with Crippen LogP contribution in [0.5, 0.6) is 0 Å². The van der Waals surface area contributed by atoms with Gasteiger partial charge in [-0.2, -0.15) is 0 Å². The summed E-state index contributed by atoms with van der Waals surface area (Å²) in [5.41, 5.74) is 5.05. The normalized spacial score (nSPS) is 16.2. The number of hydrogen-bond acceptors (Lipinski definition) is 2. The molecule has 1 unspecified atom stereocenters. The Labute approximate surface area is 134 Å². The maximum Gasteiger partial charge on any atom is 0.412 e. The number of amides is 1. The van der Waals surface area contributed by atoms with E-state index in [-0.39, 0.29) is 6.10 Å². The number of rotatable bonds is 2. The molecule has 0 bridgehead atoms. The van der Waals surface area contributed by atoms with E-state index >= 15 is 0 Å². The van der Waals surface area contributed by atoms with Gasteiger partial charge in [0, 0.05) is 5.56 Å². The molecule has 3 heteroatoms. The van der Waals surface area contributed by atoms with Gasteiger partial charge in [0.25, 0.3) is 0 Å². The summed E-state index contributed by atoms with van der Waals surface area (Å²) in [5.74, 6) is 0. The molecule has 112 valence electrons. The highest BCUT2D eigenvalue weighted by atomic mass is 16.6. The second-order valence-corrected chi connectivity index (χ2v) is 5.49. The molecule has 1 aliphatic heterocycles. The van der Waals surface area contributed by atoms with Gasteiger partial charge in [0.05, 0.1) is 5.69 Å². The Morgan fingerprint density at radius 3 is 2.17 bits per heavy atom. The van der Waals surface area contributed by atoms with Crippen molar-refractivity contribution in [3.05, 3.63) is 90.0 Å². The summed E-state index contributed by atoms with van der Waals surface area (Å²) < 4.78 is 5.49. The third-order valence-electron chi connectivity index (χ3n) is 4.03. The van der Waals surface area contributed by atoms with E-state index in [1.807, 2.05) is 54.6 Å². The first-order valence-corrected chi connectivity index (χ1v) is 7.53. The van der Waals surface area contributed by atoms with Crippen LogP contribution in [0, 0.1) is 0 Å². The van der Waals surface area contributed by atoms with E-state index in [2.05, 4.69) is 29.6 Å². The van der Waals surface area contributed by atoms with Crippen LogP contribution in [0.25, 0.3) is 11.1 Å². The Kier molecular flexibility index (Phi) is 3.31. The van der Waals surface area contributed by atoms with Crippen molar-refractivity contribution >= 4 is 11.8 Å². The number of para-hydroxylation sites is 1. The summed E-state index contributed by atoms with van der Waals surface area (Å²) in [7, 11) is 0. The fourth-order valence-electron chi connectivity index (χ4n) is 2.88. The highest BCUT2D eigenvalue weighted by molar-refractivity contribution is 5.88. The molecule has 3 aromatic carbocycles. The van der Waals surface area contributed by atoms with Gasteiger partial charge in [0.1, 0.15) is 0 Å². The Hall–Kier alpha value is -3.07. The standard InChI is InChI=1S/C20H15NO2/c22-20-21-18-9-5-4-8-17(18)19(23-20)16-12-10-15(11-13-16)14-6-2-1-3-7-14/h1-13,19H,(H,21,22). The van der Waals surface area contributed by atoms with Crippen LogP contribution in [0.1, 0.15) is 17.2 Å². The predicted octanol–water partition coefficient (Wildman–Crippen LogP) is 5.01. The number of anilines is 1. The van der Waals surface area contributed by atoms with Crippen molar-refractivity contribution in [1.82, 2.24) is 0 Å². The zero-order chi connectivity index (χ0) is 15.6. The summed E-state index contributed by atoms with van der Waals surface area (Å²) in [5, 5.41) is 2.74. The van der Waals surface area contributed by atoms with E-state index in [1.54, 1.807) is 0 Å². The monoisotopic (exact) mass is 301 g/mol. The largest absolute Gasteiger partial charge is 0.436 e. The lowest BCUT2D eigenvalue weighted by Gasteiger charge is -2.26. The fourth-order valence-corrected chi connectivity index (χ4v) is 2.88. The Morgan fingerprint density at radius 2 is 1.39 bits per heavy atom. The van der Waals surface area contributed by atoms with Crippen molar-refractivity contribution in [2.45, 2.75) is 6.10 Å². The van der Waals surface area contributed by atoms with Gasteiger partial charge in [-0.1, -0.05) is 72.8 Å². The van der Waals surface area contributed by atoms with Crippen LogP contribution < -0.4 is 5.32 Å². The number of ether oxygens (including phenoxy) is 1. The minimum atomic E-state index is -0.416. The lowest BCUT2D eigenvalue weighted by atomic mass is 9.96. The van der Waals surface area contributed by atoms with Gasteiger partial charge in [-0.15, -0.1) is 0 Å². The Balaban J connectivity index is 1.70. The number of fused-ring (bicyclic) bond motifs is 1. The molecule has 0 aliphatic carbocycles. The number of benzene rings is 3. The number of cyclic esters (lactones) is 1. The molecule has 0 fully saturated rings. The minimum absolute atomic E-state index is 0.371. The molecule has 3 nitrogen and oxygen atoms in total. The van der Waals surface area contributed by atoms with Gasteiger partial charge in [-0.05, 0) is 22.8 Å². The van der Waals surface area contributed by atoms with Crippen molar-refractivity contribution in [3.8, 4) is 11.1 Å². The average molecular weight is 301 g/mol. The summed E-state index contributed by atoms with van der Waals surface area (Å²) >= 11 is 0. The van der Waals surface area contributed by atoms with E-state index in [1.165, 1.54) is 5.56 Å². The lowest BCUT2D eigenvalue weighted by Crippen LogP contribution is -2.25. The Bertz CT molecular complexity index is 841. The number of carbonyl (C=O) groups is 1. The quantitative estimate of drug-likeness (QED) is 0.723. The molecule has 0 saturated heterocycles. The van der Waals surface area contributed by atoms with E-state index in [0.29, 0.717) is 0 Å². The predicted molar refractivity (Wildman–Crippen MR) is 90.3 cm³/mol. The maximum atomic E-state index is 11.8. The van der Waals surface area contributed by atoms with Gasteiger partial charge in [-0.3, -0.25) is 5.32 Å². The molecule has 4 rings (SSSR count). The van der Waals surface area contributed by atoms with Crippen molar-refractivity contribution < 1.29 is 9.53 Å². The summed E-state index contributed by atoms with van der Waals surface area (Å²) in [4.78, 5) is 11.8. The molecule has 0 saturated carbocycles. The van der Waals surface area contributed by atoms with Crippen LogP contribution in [0.3, 0.4) is 0 Å². The first-order chi connectivity index (χ1) is 11.3. The molecule has 3 aromatic rings. The average Bonchev–Trinajstić information content (AvgIpc) is 2.62. The fraction of sp³-hybridized carbons (Fsp3) is 0.0500. The van der Waals surface area contributed by atoms with Crippen LogP contribution >= 0.6 is 0 Å². The third kappa shape index (κ3) is 2.57. The molecule has 23 heavy (non-hydrogen) atoms. The molecule has 1 heterocycles. The number of hydrogen-bond donors (Lipinski definition) is 1. The smallest absolute Gasteiger partial charge is 0.412 e. The summed E-state index contributed by atoms with van der Waals surface area (Å²) in [6, 6.07) is 26.1. The van der Waals surface area contributed by atoms with Gasteiger partial charge in [0.15, 0.2) is 6.10 Å². The maximum absolute atomic E-state index is 11.8. The van der Waals surface area contributed by atoms with Crippen molar-refractivity contribution in [1.29, 1.82) is 0 Å². The van der Waals surface area contributed by atoms with Gasteiger partial charge in [-0.25, -0.2) is 4.79 Å². The van der Waals surface area contributed by atoms with Crippen molar-refractivity contribution in [2.24, 2.45) is 0 Å². The second kappa shape index (κ2) is 5.61. The first kappa shape index (κ1) is 13.6. The van der Waals surface area contributed by atoms with E-state index < -0.39 is 6.09 Å². The number of nitrogens with one attached hydrogen (secondary N) is 1. The highest BCUT2D eigenvalue weighted by Crippen LogP contribution is 2.35.